The van der Waals surface area contributed by atoms with Crippen LogP contribution in [0.4, 0.5) is 11.8 Å². The van der Waals surface area contributed by atoms with E-state index in [4.69, 9.17) is 33.5 Å². The highest BCUT2D eigenvalue weighted by Crippen LogP contribution is 2.39. The summed E-state index contributed by atoms with van der Waals surface area (Å²) >= 11 is 11.9. The number of thiocarbonyl (C=S) groups is 1. The summed E-state index contributed by atoms with van der Waals surface area (Å²) in [6, 6.07) is 19.9. The Bertz CT molecular complexity index is 1180. The molecule has 0 bridgehead atoms. The van der Waals surface area contributed by atoms with E-state index in [0.717, 1.165) is 61.9 Å². The van der Waals surface area contributed by atoms with Crippen LogP contribution in [-0.2, 0) is 5.41 Å². The van der Waals surface area contributed by atoms with Crippen molar-refractivity contribution in [3.8, 4) is 11.6 Å². The quantitative estimate of drug-likeness (QED) is 0.313. The van der Waals surface area contributed by atoms with E-state index < -0.39 is 0 Å². The van der Waals surface area contributed by atoms with E-state index in [9.17, 15) is 0 Å². The molecule has 37 heavy (non-hydrogen) atoms. The molecule has 8 heteroatoms. The van der Waals surface area contributed by atoms with Crippen LogP contribution >= 0.6 is 23.8 Å². The Morgan fingerprint density at radius 3 is 2.35 bits per heavy atom. The molecule has 0 amide bonds. The molecule has 2 aromatic carbocycles. The minimum absolute atomic E-state index is 0.0344. The molecule has 5 rings (SSSR count). The average Bonchev–Trinajstić information content (AvgIpc) is 2.94. The monoisotopic (exact) mass is 535 g/mol. The van der Waals surface area contributed by atoms with Gasteiger partial charge < -0.3 is 20.3 Å². The van der Waals surface area contributed by atoms with Crippen LogP contribution in [0.15, 0.2) is 60.7 Å². The summed E-state index contributed by atoms with van der Waals surface area (Å²) in [6.07, 6.45) is 9.53. The molecule has 6 nitrogen and oxygen atoms in total. The third-order valence-electron chi connectivity index (χ3n) is 7.41. The highest BCUT2D eigenvalue weighted by atomic mass is 35.5. The summed E-state index contributed by atoms with van der Waals surface area (Å²) < 4.78 is 6.08. The number of ether oxygens (including phenoxy) is 1. The number of anilines is 2. The van der Waals surface area contributed by atoms with Gasteiger partial charge in [-0.3, -0.25) is 0 Å². The van der Waals surface area contributed by atoms with E-state index in [2.05, 4.69) is 32.7 Å². The Hall–Kier alpha value is -2.90. The minimum atomic E-state index is 0.0344. The van der Waals surface area contributed by atoms with Crippen LogP contribution in [0, 0.1) is 0 Å². The van der Waals surface area contributed by atoms with E-state index in [1.54, 1.807) is 0 Å². The summed E-state index contributed by atoms with van der Waals surface area (Å²) in [5, 5.41) is 7.99. The van der Waals surface area contributed by atoms with Gasteiger partial charge in [0.25, 0.3) is 0 Å². The minimum Gasteiger partial charge on any atom is -0.439 e. The smallest absolute Gasteiger partial charge is 0.234 e. The number of hydrogen-bond donors (Lipinski definition) is 2. The maximum atomic E-state index is 6.17. The van der Waals surface area contributed by atoms with Crippen LogP contribution in [0.5, 0.6) is 11.6 Å². The Morgan fingerprint density at radius 1 is 0.919 bits per heavy atom. The molecular weight excluding hydrogens is 502 g/mol. The van der Waals surface area contributed by atoms with Crippen molar-refractivity contribution in [3.63, 3.8) is 0 Å². The first-order valence-corrected chi connectivity index (χ1v) is 14.1. The summed E-state index contributed by atoms with van der Waals surface area (Å²) in [6.45, 7) is 2.71. The zero-order valence-corrected chi connectivity index (χ0v) is 22.7. The third-order valence-corrected chi connectivity index (χ3v) is 7.91. The second kappa shape index (κ2) is 12.1. The lowest BCUT2D eigenvalue weighted by Crippen LogP contribution is -2.43. The number of para-hydroxylation sites is 1. The summed E-state index contributed by atoms with van der Waals surface area (Å²) in [5.41, 5.74) is 1.35. The van der Waals surface area contributed by atoms with Crippen LogP contribution in [0.2, 0.25) is 5.02 Å². The van der Waals surface area contributed by atoms with E-state index in [1.807, 2.05) is 48.5 Å². The molecule has 2 fully saturated rings. The van der Waals surface area contributed by atoms with Crippen molar-refractivity contribution in [1.82, 2.24) is 15.3 Å². The molecule has 0 spiro atoms. The Kier molecular flexibility index (Phi) is 8.41. The highest BCUT2D eigenvalue weighted by molar-refractivity contribution is 7.80. The number of halogens is 1. The fraction of sp³-hybridized carbons (Fsp3) is 0.414. The van der Waals surface area contributed by atoms with Gasteiger partial charge in [-0.2, -0.15) is 9.97 Å². The molecule has 1 aromatic heterocycles. The summed E-state index contributed by atoms with van der Waals surface area (Å²) in [4.78, 5) is 11.7. The third kappa shape index (κ3) is 6.70. The highest BCUT2D eigenvalue weighted by Gasteiger charge is 2.34. The zero-order valence-electron chi connectivity index (χ0n) is 21.1. The molecule has 1 saturated carbocycles. The van der Waals surface area contributed by atoms with Crippen LogP contribution in [0.3, 0.4) is 0 Å². The van der Waals surface area contributed by atoms with Gasteiger partial charge in [-0.15, -0.1) is 0 Å². The van der Waals surface area contributed by atoms with Crippen LogP contribution in [-0.4, -0.2) is 34.7 Å². The standard InChI is InChI=1S/C29H34ClN5OS/c30-23-14-12-22(13-15-23)29(16-6-2-7-17-29)21-31-28(37)34-27-32-25(35-18-8-3-9-19-35)20-26(33-27)36-24-10-4-1-5-11-24/h1,4-5,10-15,20H,2-3,6-9,16-19,21H2,(H2,31,32,33,34,37). The molecule has 2 N–H and O–H groups in total. The van der Waals surface area contributed by atoms with Crippen LogP contribution in [0.25, 0.3) is 0 Å². The summed E-state index contributed by atoms with van der Waals surface area (Å²) in [7, 11) is 0. The molecule has 1 saturated heterocycles. The Morgan fingerprint density at radius 2 is 1.62 bits per heavy atom. The lowest BCUT2D eigenvalue weighted by Gasteiger charge is -2.38. The van der Waals surface area contributed by atoms with Crippen molar-refractivity contribution in [2.45, 2.75) is 56.8 Å². The normalized spacial score (nSPS) is 17.2. The van der Waals surface area contributed by atoms with Gasteiger partial charge in [0.2, 0.25) is 11.8 Å². The van der Waals surface area contributed by atoms with Crippen LogP contribution in [0.1, 0.15) is 56.9 Å². The van der Waals surface area contributed by atoms with E-state index in [0.29, 0.717) is 16.9 Å². The molecule has 1 aliphatic carbocycles. The second-order valence-electron chi connectivity index (χ2n) is 10.0. The fourth-order valence-electron chi connectivity index (χ4n) is 5.41. The fourth-order valence-corrected chi connectivity index (χ4v) is 5.70. The SMILES string of the molecule is S=C(NCC1(c2ccc(Cl)cc2)CCCCC1)Nc1nc(Oc2ccccc2)cc(N2CCCCC2)n1. The number of rotatable bonds is 7. The molecule has 0 unspecified atom stereocenters. The maximum Gasteiger partial charge on any atom is 0.234 e. The lowest BCUT2D eigenvalue weighted by molar-refractivity contribution is 0.292. The molecule has 194 valence electrons. The molecular formula is C29H34ClN5OS. The first-order valence-electron chi connectivity index (χ1n) is 13.3. The van der Waals surface area contributed by atoms with Crippen molar-refractivity contribution in [3.05, 3.63) is 71.2 Å². The van der Waals surface area contributed by atoms with Crippen LogP contribution < -0.4 is 20.3 Å². The molecule has 3 aromatic rings. The predicted octanol–water partition coefficient (Wildman–Crippen LogP) is 7.10. The first kappa shape index (κ1) is 25.7. The number of piperidine rings is 1. The largest absolute Gasteiger partial charge is 0.439 e. The molecule has 2 aliphatic rings. The Labute approximate surface area is 229 Å². The van der Waals surface area contributed by atoms with E-state index in [1.165, 1.54) is 31.2 Å². The van der Waals surface area contributed by atoms with Gasteiger partial charge in [0.15, 0.2) is 5.11 Å². The summed E-state index contributed by atoms with van der Waals surface area (Å²) in [5.74, 6) is 2.53. The molecule has 2 heterocycles. The number of hydrogen-bond acceptors (Lipinski definition) is 5. The number of nitrogens with zero attached hydrogens (tertiary/aromatic N) is 3. The molecule has 0 atom stereocenters. The van der Waals surface area contributed by atoms with Gasteiger partial charge in [0.05, 0.1) is 0 Å². The van der Waals surface area contributed by atoms with Gasteiger partial charge in [0, 0.05) is 36.1 Å². The second-order valence-corrected chi connectivity index (χ2v) is 10.9. The average molecular weight is 536 g/mol. The van der Waals surface area contributed by atoms with Crippen molar-refractivity contribution < 1.29 is 4.74 Å². The van der Waals surface area contributed by atoms with Gasteiger partial charge in [-0.25, -0.2) is 0 Å². The Balaban J connectivity index is 1.32. The lowest BCUT2D eigenvalue weighted by atomic mass is 9.69. The van der Waals surface area contributed by atoms with Gasteiger partial charge in [0.1, 0.15) is 11.6 Å². The van der Waals surface area contributed by atoms with Crippen molar-refractivity contribution in [2.75, 3.05) is 29.9 Å². The van der Waals surface area contributed by atoms with Crippen molar-refractivity contribution >= 4 is 40.7 Å². The van der Waals surface area contributed by atoms with E-state index >= 15 is 0 Å². The number of nitrogens with one attached hydrogen (secondary N) is 2. The van der Waals surface area contributed by atoms with E-state index in [-0.39, 0.29) is 5.41 Å². The van der Waals surface area contributed by atoms with Crippen molar-refractivity contribution in [1.29, 1.82) is 0 Å². The first-order chi connectivity index (χ1) is 18.1. The van der Waals surface area contributed by atoms with Gasteiger partial charge in [-0.05, 0) is 74.2 Å². The molecule has 1 aliphatic heterocycles. The predicted molar refractivity (Wildman–Crippen MR) is 155 cm³/mol. The number of benzene rings is 2. The van der Waals surface area contributed by atoms with Gasteiger partial charge in [-0.1, -0.05) is 61.2 Å². The maximum absolute atomic E-state index is 6.17. The zero-order chi connectivity index (χ0) is 25.5. The van der Waals surface area contributed by atoms with Crippen molar-refractivity contribution in [2.24, 2.45) is 0 Å². The molecule has 0 radical (unpaired) electrons. The topological polar surface area (TPSA) is 62.3 Å². The number of aromatic nitrogens is 2. The van der Waals surface area contributed by atoms with Gasteiger partial charge >= 0.3 is 0 Å².